The molecule has 3 heterocycles. The average Bonchev–Trinajstić information content (AvgIpc) is 3.27. The molecule has 1 aliphatic rings. The summed E-state index contributed by atoms with van der Waals surface area (Å²) in [6.07, 6.45) is 3.29. The van der Waals surface area contributed by atoms with Crippen LogP contribution in [0.25, 0.3) is 11.6 Å². The standard InChI is InChI=1S/C18H17N3O3S/c22-17(21-10-4-12-25-15-7-2-1-5-13(15)21)9-8-16-19-18(20-24-16)14-6-3-11-23-14/h1-3,5-7,11H,4,8-10,12H2. The Morgan fingerprint density at radius 2 is 2.16 bits per heavy atom. The van der Waals surface area contributed by atoms with E-state index in [1.54, 1.807) is 30.2 Å². The lowest BCUT2D eigenvalue weighted by molar-refractivity contribution is -0.118. The minimum atomic E-state index is 0.0766. The van der Waals surface area contributed by atoms with Gasteiger partial charge in [-0.3, -0.25) is 4.79 Å². The molecule has 3 aromatic rings. The van der Waals surface area contributed by atoms with E-state index in [1.807, 2.05) is 23.1 Å². The van der Waals surface area contributed by atoms with Crippen LogP contribution in [-0.2, 0) is 11.2 Å². The van der Waals surface area contributed by atoms with Gasteiger partial charge in [0.1, 0.15) is 0 Å². The molecule has 1 aliphatic heterocycles. The van der Waals surface area contributed by atoms with E-state index in [0.29, 0.717) is 30.3 Å². The predicted octanol–water partition coefficient (Wildman–Crippen LogP) is 3.79. The molecule has 128 valence electrons. The van der Waals surface area contributed by atoms with E-state index in [2.05, 4.69) is 16.2 Å². The minimum absolute atomic E-state index is 0.0766. The average molecular weight is 355 g/mol. The molecule has 0 N–H and O–H groups in total. The zero-order chi connectivity index (χ0) is 17.1. The summed E-state index contributed by atoms with van der Waals surface area (Å²) in [7, 11) is 0. The molecule has 1 amide bonds. The summed E-state index contributed by atoms with van der Waals surface area (Å²) in [5.74, 6) is 2.51. The first-order valence-electron chi connectivity index (χ1n) is 8.20. The maximum atomic E-state index is 12.7. The number of rotatable bonds is 4. The molecule has 0 spiro atoms. The zero-order valence-corrected chi connectivity index (χ0v) is 14.4. The molecule has 0 unspecified atom stereocenters. The van der Waals surface area contributed by atoms with Crippen LogP contribution >= 0.6 is 11.8 Å². The first-order chi connectivity index (χ1) is 12.3. The van der Waals surface area contributed by atoms with Crippen molar-refractivity contribution in [2.75, 3.05) is 17.2 Å². The number of para-hydroxylation sites is 1. The summed E-state index contributed by atoms with van der Waals surface area (Å²) in [6.45, 7) is 0.740. The second-order valence-corrected chi connectivity index (χ2v) is 6.84. The highest BCUT2D eigenvalue weighted by Gasteiger charge is 2.22. The SMILES string of the molecule is O=C(CCc1nc(-c2ccco2)no1)N1CCCSc2ccccc21. The number of carbonyl (C=O) groups excluding carboxylic acids is 1. The molecule has 0 aliphatic carbocycles. The van der Waals surface area contributed by atoms with Crippen LogP contribution in [0.1, 0.15) is 18.7 Å². The minimum Gasteiger partial charge on any atom is -0.461 e. The summed E-state index contributed by atoms with van der Waals surface area (Å²) in [6, 6.07) is 11.6. The third-order valence-electron chi connectivity index (χ3n) is 4.00. The molecule has 0 atom stereocenters. The number of anilines is 1. The molecule has 0 fully saturated rings. The summed E-state index contributed by atoms with van der Waals surface area (Å²) in [5, 5.41) is 3.89. The van der Waals surface area contributed by atoms with Crippen molar-refractivity contribution in [3.63, 3.8) is 0 Å². The number of nitrogens with zero attached hydrogens (tertiary/aromatic N) is 3. The summed E-state index contributed by atoms with van der Waals surface area (Å²) in [4.78, 5) is 20.0. The fraction of sp³-hybridized carbons (Fsp3) is 0.278. The number of aryl methyl sites for hydroxylation is 1. The van der Waals surface area contributed by atoms with E-state index >= 15 is 0 Å². The molecule has 0 saturated heterocycles. The Hall–Kier alpha value is -2.54. The van der Waals surface area contributed by atoms with Crippen molar-refractivity contribution in [2.24, 2.45) is 0 Å². The monoisotopic (exact) mass is 355 g/mol. The number of amides is 1. The van der Waals surface area contributed by atoms with Gasteiger partial charge in [-0.1, -0.05) is 17.3 Å². The lowest BCUT2D eigenvalue weighted by atomic mass is 10.2. The van der Waals surface area contributed by atoms with Crippen molar-refractivity contribution in [2.45, 2.75) is 24.2 Å². The van der Waals surface area contributed by atoms with Crippen LogP contribution in [0.4, 0.5) is 5.69 Å². The first-order valence-corrected chi connectivity index (χ1v) is 9.18. The number of fused-ring (bicyclic) bond motifs is 1. The molecular weight excluding hydrogens is 338 g/mol. The molecular formula is C18H17N3O3S. The van der Waals surface area contributed by atoms with E-state index in [1.165, 1.54) is 0 Å². The van der Waals surface area contributed by atoms with Gasteiger partial charge in [-0.15, -0.1) is 11.8 Å². The summed E-state index contributed by atoms with van der Waals surface area (Å²) >= 11 is 1.80. The van der Waals surface area contributed by atoms with Gasteiger partial charge >= 0.3 is 0 Å². The van der Waals surface area contributed by atoms with Gasteiger partial charge in [0.15, 0.2) is 5.76 Å². The molecule has 1 aromatic carbocycles. The Bertz CT molecular complexity index is 860. The molecule has 2 aromatic heterocycles. The predicted molar refractivity (Wildman–Crippen MR) is 94.5 cm³/mol. The van der Waals surface area contributed by atoms with Gasteiger partial charge in [0.25, 0.3) is 0 Å². The van der Waals surface area contributed by atoms with Gasteiger partial charge in [-0.2, -0.15) is 4.98 Å². The molecule has 7 heteroatoms. The Morgan fingerprint density at radius 1 is 1.24 bits per heavy atom. The molecule has 6 nitrogen and oxygen atoms in total. The lowest BCUT2D eigenvalue weighted by Gasteiger charge is -2.22. The molecule has 0 bridgehead atoms. The molecule has 25 heavy (non-hydrogen) atoms. The molecule has 4 rings (SSSR count). The lowest BCUT2D eigenvalue weighted by Crippen LogP contribution is -2.32. The zero-order valence-electron chi connectivity index (χ0n) is 13.6. The topological polar surface area (TPSA) is 72.4 Å². The number of thioether (sulfide) groups is 1. The van der Waals surface area contributed by atoms with Crippen LogP contribution < -0.4 is 4.90 Å². The number of aromatic nitrogens is 2. The van der Waals surface area contributed by atoms with Crippen LogP contribution in [0.2, 0.25) is 0 Å². The normalized spacial score (nSPS) is 14.2. The van der Waals surface area contributed by atoms with Crippen LogP contribution in [0.5, 0.6) is 0 Å². The van der Waals surface area contributed by atoms with E-state index in [0.717, 1.165) is 29.3 Å². The van der Waals surface area contributed by atoms with Gasteiger partial charge < -0.3 is 13.8 Å². The first kappa shape index (κ1) is 16.0. The van der Waals surface area contributed by atoms with E-state index in [-0.39, 0.29) is 5.91 Å². The largest absolute Gasteiger partial charge is 0.461 e. The Labute approximate surface area is 149 Å². The maximum absolute atomic E-state index is 12.7. The number of furan rings is 1. The van der Waals surface area contributed by atoms with E-state index < -0.39 is 0 Å². The second kappa shape index (κ2) is 7.14. The van der Waals surface area contributed by atoms with Crippen LogP contribution in [0.3, 0.4) is 0 Å². The van der Waals surface area contributed by atoms with Crippen LogP contribution in [0.15, 0.2) is 56.5 Å². The van der Waals surface area contributed by atoms with Gasteiger partial charge in [-0.25, -0.2) is 0 Å². The van der Waals surface area contributed by atoms with Gasteiger partial charge in [0.2, 0.25) is 17.6 Å². The number of hydrogen-bond acceptors (Lipinski definition) is 6. The highest BCUT2D eigenvalue weighted by molar-refractivity contribution is 7.99. The highest BCUT2D eigenvalue weighted by Crippen LogP contribution is 2.33. The van der Waals surface area contributed by atoms with Crippen molar-refractivity contribution in [3.8, 4) is 11.6 Å². The fourth-order valence-corrected chi connectivity index (χ4v) is 3.79. The Morgan fingerprint density at radius 3 is 3.04 bits per heavy atom. The maximum Gasteiger partial charge on any atom is 0.238 e. The Kier molecular flexibility index (Phi) is 4.56. The van der Waals surface area contributed by atoms with Crippen molar-refractivity contribution in [3.05, 3.63) is 48.6 Å². The highest BCUT2D eigenvalue weighted by atomic mass is 32.2. The quantitative estimate of drug-likeness (QED) is 0.709. The van der Waals surface area contributed by atoms with Crippen LogP contribution in [0, 0.1) is 0 Å². The van der Waals surface area contributed by atoms with Crippen molar-refractivity contribution in [1.82, 2.24) is 10.1 Å². The summed E-state index contributed by atoms with van der Waals surface area (Å²) < 4.78 is 10.5. The van der Waals surface area contributed by atoms with Crippen molar-refractivity contribution < 1.29 is 13.7 Å². The van der Waals surface area contributed by atoms with Crippen molar-refractivity contribution >= 4 is 23.4 Å². The number of benzene rings is 1. The Balaban J connectivity index is 1.44. The second-order valence-electron chi connectivity index (χ2n) is 5.70. The number of hydrogen-bond donors (Lipinski definition) is 0. The van der Waals surface area contributed by atoms with Gasteiger partial charge in [0, 0.05) is 24.3 Å². The van der Waals surface area contributed by atoms with Gasteiger partial charge in [-0.05, 0) is 36.4 Å². The van der Waals surface area contributed by atoms with Crippen molar-refractivity contribution in [1.29, 1.82) is 0 Å². The third kappa shape index (κ3) is 3.46. The fourth-order valence-electron chi connectivity index (χ4n) is 2.80. The molecule has 0 radical (unpaired) electrons. The summed E-state index contributed by atoms with van der Waals surface area (Å²) in [5.41, 5.74) is 0.997. The van der Waals surface area contributed by atoms with Crippen LogP contribution in [-0.4, -0.2) is 28.3 Å². The smallest absolute Gasteiger partial charge is 0.238 e. The molecule has 0 saturated carbocycles. The van der Waals surface area contributed by atoms with Gasteiger partial charge in [0.05, 0.1) is 12.0 Å². The van der Waals surface area contributed by atoms with E-state index in [9.17, 15) is 4.79 Å². The van der Waals surface area contributed by atoms with E-state index in [4.69, 9.17) is 8.94 Å². The number of carbonyl (C=O) groups is 1. The third-order valence-corrected chi connectivity index (χ3v) is 5.15.